The molecule has 0 unspecified atom stereocenters. The van der Waals surface area contributed by atoms with Crippen LogP contribution in [0.5, 0.6) is 11.5 Å². The Bertz CT molecular complexity index is 664. The number of ether oxygens (including phenoxy) is 2. The highest BCUT2D eigenvalue weighted by Crippen LogP contribution is 2.32. The number of imidazole rings is 1. The Morgan fingerprint density at radius 3 is 2.55 bits per heavy atom. The summed E-state index contributed by atoms with van der Waals surface area (Å²) < 4.78 is 12.6. The van der Waals surface area contributed by atoms with Gasteiger partial charge in [0.05, 0.1) is 31.7 Å². The fraction of sp³-hybridized carbons (Fsp3) is 0.500. The van der Waals surface area contributed by atoms with E-state index in [0.29, 0.717) is 18.0 Å². The smallest absolute Gasteiger partial charge is 0.305 e. The number of nitrogens with zero attached hydrogens (tertiary/aromatic N) is 2. The van der Waals surface area contributed by atoms with E-state index in [0.717, 1.165) is 36.1 Å². The van der Waals surface area contributed by atoms with E-state index in [9.17, 15) is 4.79 Å². The standard InChI is InChI=1S/C16H22N2O4/c1-4-5-6-15-17-11-9-13(21-2)14(22-3)10-12(11)18(15)8-7-16(19)20/h9-10H,4-8H2,1-3H3,(H,19,20). The van der Waals surface area contributed by atoms with Crippen molar-refractivity contribution in [2.24, 2.45) is 0 Å². The molecule has 0 bridgehead atoms. The van der Waals surface area contributed by atoms with Crippen LogP contribution in [0.15, 0.2) is 12.1 Å². The summed E-state index contributed by atoms with van der Waals surface area (Å²) in [5.41, 5.74) is 1.68. The van der Waals surface area contributed by atoms with Gasteiger partial charge in [-0.15, -0.1) is 0 Å². The van der Waals surface area contributed by atoms with Crippen LogP contribution in [-0.2, 0) is 17.8 Å². The second kappa shape index (κ2) is 7.15. The average molecular weight is 306 g/mol. The number of aromatic nitrogens is 2. The Balaban J connectivity index is 2.51. The number of carbonyl (C=O) groups is 1. The Labute approximate surface area is 129 Å². The first-order valence-corrected chi connectivity index (χ1v) is 7.43. The van der Waals surface area contributed by atoms with E-state index in [4.69, 9.17) is 14.6 Å². The van der Waals surface area contributed by atoms with Crippen molar-refractivity contribution in [1.29, 1.82) is 0 Å². The Morgan fingerprint density at radius 1 is 1.27 bits per heavy atom. The van der Waals surface area contributed by atoms with Crippen LogP contribution in [0.25, 0.3) is 11.0 Å². The predicted molar refractivity (Wildman–Crippen MR) is 83.7 cm³/mol. The lowest BCUT2D eigenvalue weighted by molar-refractivity contribution is -0.137. The molecule has 1 heterocycles. The van der Waals surface area contributed by atoms with Crippen LogP contribution >= 0.6 is 0 Å². The van der Waals surface area contributed by atoms with Crippen molar-refractivity contribution in [1.82, 2.24) is 9.55 Å². The minimum atomic E-state index is -0.816. The number of hydrogen-bond donors (Lipinski definition) is 1. The summed E-state index contributed by atoms with van der Waals surface area (Å²) in [7, 11) is 3.17. The summed E-state index contributed by atoms with van der Waals surface area (Å²) in [6.45, 7) is 2.52. The van der Waals surface area contributed by atoms with Crippen LogP contribution in [0.2, 0.25) is 0 Å². The molecule has 0 fully saturated rings. The summed E-state index contributed by atoms with van der Waals surface area (Å²) in [6.07, 6.45) is 2.98. The molecule has 0 saturated carbocycles. The number of aliphatic carboxylic acids is 1. The third-order valence-corrected chi connectivity index (χ3v) is 3.64. The van der Waals surface area contributed by atoms with Crippen LogP contribution in [0, 0.1) is 0 Å². The maximum absolute atomic E-state index is 10.9. The third kappa shape index (κ3) is 3.32. The highest BCUT2D eigenvalue weighted by molar-refractivity contribution is 5.81. The highest BCUT2D eigenvalue weighted by atomic mass is 16.5. The van der Waals surface area contributed by atoms with Gasteiger partial charge in [0.25, 0.3) is 0 Å². The number of carboxylic acids is 1. The summed E-state index contributed by atoms with van der Waals surface area (Å²) in [6, 6.07) is 3.69. The molecule has 0 saturated heterocycles. The van der Waals surface area contributed by atoms with E-state index < -0.39 is 5.97 Å². The van der Waals surface area contributed by atoms with Gasteiger partial charge in [-0.05, 0) is 6.42 Å². The van der Waals surface area contributed by atoms with Crippen molar-refractivity contribution in [3.05, 3.63) is 18.0 Å². The number of hydrogen-bond acceptors (Lipinski definition) is 4. The van der Waals surface area contributed by atoms with Crippen LogP contribution in [0.4, 0.5) is 0 Å². The summed E-state index contributed by atoms with van der Waals surface area (Å²) in [5, 5.41) is 8.96. The number of unbranched alkanes of at least 4 members (excludes halogenated alkanes) is 1. The summed E-state index contributed by atoms with van der Waals surface area (Å²) >= 11 is 0. The van der Waals surface area contributed by atoms with Crippen molar-refractivity contribution < 1.29 is 19.4 Å². The molecule has 0 aliphatic carbocycles. The number of aryl methyl sites for hydroxylation is 2. The SMILES string of the molecule is CCCCc1nc2cc(OC)c(OC)cc2n1CCC(=O)O. The summed E-state index contributed by atoms with van der Waals surface area (Å²) in [5.74, 6) is 1.34. The van der Waals surface area contributed by atoms with Gasteiger partial charge in [-0.2, -0.15) is 0 Å². The van der Waals surface area contributed by atoms with E-state index >= 15 is 0 Å². The molecular formula is C16H22N2O4. The van der Waals surface area contributed by atoms with Gasteiger partial charge < -0.3 is 19.1 Å². The highest BCUT2D eigenvalue weighted by Gasteiger charge is 2.15. The van der Waals surface area contributed by atoms with Gasteiger partial charge in [0.15, 0.2) is 11.5 Å². The van der Waals surface area contributed by atoms with Crippen molar-refractivity contribution >= 4 is 17.0 Å². The van der Waals surface area contributed by atoms with E-state index in [1.165, 1.54) is 0 Å². The molecule has 0 aliphatic rings. The first-order valence-electron chi connectivity index (χ1n) is 7.43. The summed E-state index contributed by atoms with van der Waals surface area (Å²) in [4.78, 5) is 15.5. The normalized spacial score (nSPS) is 10.9. The topological polar surface area (TPSA) is 73.6 Å². The molecule has 2 aromatic rings. The zero-order valence-corrected chi connectivity index (χ0v) is 13.3. The van der Waals surface area contributed by atoms with E-state index in [-0.39, 0.29) is 6.42 Å². The second-order valence-electron chi connectivity index (χ2n) is 5.12. The van der Waals surface area contributed by atoms with Gasteiger partial charge in [-0.1, -0.05) is 13.3 Å². The fourth-order valence-electron chi connectivity index (χ4n) is 2.48. The Morgan fingerprint density at radius 2 is 1.95 bits per heavy atom. The minimum absolute atomic E-state index is 0.0684. The molecular weight excluding hydrogens is 284 g/mol. The van der Waals surface area contributed by atoms with Crippen molar-refractivity contribution in [2.75, 3.05) is 14.2 Å². The monoisotopic (exact) mass is 306 g/mol. The fourth-order valence-corrected chi connectivity index (χ4v) is 2.48. The lowest BCUT2D eigenvalue weighted by Crippen LogP contribution is -2.08. The quantitative estimate of drug-likeness (QED) is 0.811. The zero-order valence-electron chi connectivity index (χ0n) is 13.3. The molecule has 0 amide bonds. The molecule has 0 radical (unpaired) electrons. The lowest BCUT2D eigenvalue weighted by atomic mass is 10.2. The molecule has 6 nitrogen and oxygen atoms in total. The zero-order chi connectivity index (χ0) is 16.1. The molecule has 22 heavy (non-hydrogen) atoms. The van der Waals surface area contributed by atoms with Crippen molar-refractivity contribution in [3.63, 3.8) is 0 Å². The largest absolute Gasteiger partial charge is 0.493 e. The molecule has 1 aromatic carbocycles. The van der Waals surface area contributed by atoms with Crippen molar-refractivity contribution in [3.8, 4) is 11.5 Å². The maximum atomic E-state index is 10.9. The number of methoxy groups -OCH3 is 2. The van der Waals surface area contributed by atoms with Crippen LogP contribution in [0.3, 0.4) is 0 Å². The number of fused-ring (bicyclic) bond motifs is 1. The van der Waals surface area contributed by atoms with E-state index in [1.807, 2.05) is 16.7 Å². The molecule has 6 heteroatoms. The average Bonchev–Trinajstić information content (AvgIpc) is 2.85. The molecule has 0 spiro atoms. The second-order valence-corrected chi connectivity index (χ2v) is 5.12. The maximum Gasteiger partial charge on any atom is 0.305 e. The van der Waals surface area contributed by atoms with Gasteiger partial charge in [-0.3, -0.25) is 4.79 Å². The Kier molecular flexibility index (Phi) is 5.25. The molecule has 1 N–H and O–H groups in total. The van der Waals surface area contributed by atoms with E-state index in [2.05, 4.69) is 11.9 Å². The first-order chi connectivity index (χ1) is 10.6. The first kappa shape index (κ1) is 16.1. The molecule has 0 atom stereocenters. The predicted octanol–water partition coefficient (Wildman–Crippen LogP) is 2.87. The van der Waals surface area contributed by atoms with Gasteiger partial charge in [0, 0.05) is 25.1 Å². The van der Waals surface area contributed by atoms with E-state index in [1.54, 1.807) is 14.2 Å². The number of rotatable bonds is 8. The molecule has 0 aliphatic heterocycles. The van der Waals surface area contributed by atoms with Crippen LogP contribution < -0.4 is 9.47 Å². The van der Waals surface area contributed by atoms with Crippen molar-refractivity contribution in [2.45, 2.75) is 39.2 Å². The van der Waals surface area contributed by atoms with Gasteiger partial charge in [-0.25, -0.2) is 4.98 Å². The number of carboxylic acid groups (broad SMARTS) is 1. The van der Waals surface area contributed by atoms with Gasteiger partial charge in [0.1, 0.15) is 5.82 Å². The van der Waals surface area contributed by atoms with Gasteiger partial charge in [0.2, 0.25) is 0 Å². The lowest BCUT2D eigenvalue weighted by Gasteiger charge is -2.10. The molecule has 120 valence electrons. The minimum Gasteiger partial charge on any atom is -0.493 e. The van der Waals surface area contributed by atoms with Crippen LogP contribution in [0.1, 0.15) is 32.0 Å². The van der Waals surface area contributed by atoms with Crippen LogP contribution in [-0.4, -0.2) is 34.8 Å². The Hall–Kier alpha value is -2.24. The van der Waals surface area contributed by atoms with Gasteiger partial charge >= 0.3 is 5.97 Å². The number of benzene rings is 1. The molecule has 1 aromatic heterocycles. The molecule has 2 rings (SSSR count). The third-order valence-electron chi connectivity index (χ3n) is 3.64.